The van der Waals surface area contributed by atoms with Crippen LogP contribution in [0.3, 0.4) is 0 Å². The van der Waals surface area contributed by atoms with Crippen LogP contribution >= 0.6 is 11.3 Å². The van der Waals surface area contributed by atoms with Crippen molar-refractivity contribution < 1.29 is 14.0 Å². The van der Waals surface area contributed by atoms with Gasteiger partial charge in [0.2, 0.25) is 0 Å². The number of aromatic nitrogens is 1. The summed E-state index contributed by atoms with van der Waals surface area (Å²) in [7, 11) is 3.34. The highest BCUT2D eigenvalue weighted by atomic mass is 32.1. The number of hydrogen-bond acceptors (Lipinski definition) is 5. The Balaban J connectivity index is 1.60. The molecule has 0 radical (unpaired) electrons. The maximum Gasteiger partial charge on any atom is 0.289 e. The largest absolute Gasteiger partial charge is 0.451 e. The SMILES string of the molecule is CN(C)C(=O)c1cc2cc(NC(=O)c3ccc4ncsc4c3)ccc2o1. The number of furan rings is 1. The van der Waals surface area contributed by atoms with E-state index in [1.807, 2.05) is 12.1 Å². The molecule has 2 aromatic heterocycles. The van der Waals surface area contributed by atoms with Crippen molar-refractivity contribution in [1.29, 1.82) is 0 Å². The highest BCUT2D eigenvalue weighted by Gasteiger charge is 2.15. The Morgan fingerprint density at radius 3 is 2.77 bits per heavy atom. The summed E-state index contributed by atoms with van der Waals surface area (Å²) in [5.74, 6) is -0.137. The van der Waals surface area contributed by atoms with Gasteiger partial charge in [-0.3, -0.25) is 9.59 Å². The average molecular weight is 365 g/mol. The lowest BCUT2D eigenvalue weighted by Crippen LogP contribution is -2.20. The van der Waals surface area contributed by atoms with Crippen LogP contribution in [0, 0.1) is 0 Å². The molecule has 130 valence electrons. The number of benzene rings is 2. The van der Waals surface area contributed by atoms with Gasteiger partial charge in [-0.05, 0) is 42.5 Å². The zero-order valence-corrected chi connectivity index (χ0v) is 15.0. The van der Waals surface area contributed by atoms with E-state index in [4.69, 9.17) is 4.42 Å². The van der Waals surface area contributed by atoms with Crippen LogP contribution in [0.4, 0.5) is 5.69 Å². The smallest absolute Gasteiger partial charge is 0.289 e. The van der Waals surface area contributed by atoms with E-state index in [-0.39, 0.29) is 17.6 Å². The van der Waals surface area contributed by atoms with Gasteiger partial charge in [0.1, 0.15) is 5.58 Å². The molecule has 0 spiro atoms. The van der Waals surface area contributed by atoms with Crippen LogP contribution in [0.1, 0.15) is 20.9 Å². The molecule has 0 aliphatic carbocycles. The lowest BCUT2D eigenvalue weighted by atomic mass is 10.2. The van der Waals surface area contributed by atoms with E-state index in [9.17, 15) is 9.59 Å². The van der Waals surface area contributed by atoms with E-state index >= 15 is 0 Å². The minimum Gasteiger partial charge on any atom is -0.451 e. The molecule has 1 N–H and O–H groups in total. The second kappa shape index (κ2) is 6.27. The predicted octanol–water partition coefficient (Wildman–Crippen LogP) is 4.00. The number of carbonyl (C=O) groups is 2. The van der Waals surface area contributed by atoms with Crippen LogP contribution in [0.15, 0.2) is 52.4 Å². The minimum absolute atomic E-state index is 0.201. The van der Waals surface area contributed by atoms with Gasteiger partial charge in [-0.25, -0.2) is 4.98 Å². The Morgan fingerprint density at radius 2 is 1.96 bits per heavy atom. The summed E-state index contributed by atoms with van der Waals surface area (Å²) in [5.41, 5.74) is 4.43. The number of carbonyl (C=O) groups excluding carboxylic acids is 2. The van der Waals surface area contributed by atoms with Crippen molar-refractivity contribution in [3.63, 3.8) is 0 Å². The number of amides is 2. The van der Waals surface area contributed by atoms with Crippen LogP contribution < -0.4 is 5.32 Å². The minimum atomic E-state index is -0.204. The first-order chi connectivity index (χ1) is 12.5. The molecule has 2 aromatic carbocycles. The first-order valence-corrected chi connectivity index (χ1v) is 8.79. The van der Waals surface area contributed by atoms with E-state index in [1.54, 1.807) is 49.9 Å². The summed E-state index contributed by atoms with van der Waals surface area (Å²) in [4.78, 5) is 30.2. The fourth-order valence-electron chi connectivity index (χ4n) is 2.65. The molecular formula is C19H15N3O3S. The third-order valence-electron chi connectivity index (χ3n) is 3.98. The number of anilines is 1. The van der Waals surface area contributed by atoms with E-state index in [1.165, 1.54) is 16.2 Å². The van der Waals surface area contributed by atoms with Crippen molar-refractivity contribution >= 4 is 50.0 Å². The number of fused-ring (bicyclic) bond motifs is 2. The first-order valence-electron chi connectivity index (χ1n) is 7.91. The number of nitrogens with one attached hydrogen (secondary N) is 1. The van der Waals surface area contributed by atoms with Gasteiger partial charge in [-0.15, -0.1) is 11.3 Å². The third-order valence-corrected chi connectivity index (χ3v) is 4.78. The van der Waals surface area contributed by atoms with Crippen molar-refractivity contribution in [1.82, 2.24) is 9.88 Å². The van der Waals surface area contributed by atoms with Crippen LogP contribution in [-0.2, 0) is 0 Å². The second-order valence-electron chi connectivity index (χ2n) is 6.05. The van der Waals surface area contributed by atoms with Gasteiger partial charge in [0.25, 0.3) is 11.8 Å². The topological polar surface area (TPSA) is 75.4 Å². The Hall–Kier alpha value is -3.19. The first kappa shape index (κ1) is 16.3. The lowest BCUT2D eigenvalue weighted by Gasteiger charge is -2.06. The molecule has 0 bridgehead atoms. The molecule has 0 atom stereocenters. The standard InChI is InChI=1S/C19H15N3O3S/c1-22(2)19(24)16-8-12-7-13(4-6-15(12)25-16)21-18(23)11-3-5-14-17(9-11)26-10-20-14/h3-10H,1-2H3,(H,21,23). The van der Waals surface area contributed by atoms with Crippen LogP contribution in [0.25, 0.3) is 21.2 Å². The van der Waals surface area contributed by atoms with Gasteiger partial charge in [-0.2, -0.15) is 0 Å². The molecule has 26 heavy (non-hydrogen) atoms. The highest BCUT2D eigenvalue weighted by molar-refractivity contribution is 7.16. The van der Waals surface area contributed by atoms with Crippen LogP contribution in [0.2, 0.25) is 0 Å². The molecule has 0 fully saturated rings. The molecule has 2 heterocycles. The van der Waals surface area contributed by atoms with Crippen LogP contribution in [0.5, 0.6) is 0 Å². The monoisotopic (exact) mass is 365 g/mol. The molecule has 0 saturated heterocycles. The Bertz CT molecular complexity index is 1140. The Morgan fingerprint density at radius 1 is 1.12 bits per heavy atom. The Kier molecular flexibility index (Phi) is 3.93. The number of hydrogen-bond donors (Lipinski definition) is 1. The molecule has 0 saturated carbocycles. The summed E-state index contributed by atoms with van der Waals surface area (Å²) in [6.07, 6.45) is 0. The van der Waals surface area contributed by atoms with E-state index in [0.717, 1.165) is 15.6 Å². The molecular weight excluding hydrogens is 350 g/mol. The normalized spacial score (nSPS) is 11.0. The summed E-state index contributed by atoms with van der Waals surface area (Å²) in [6, 6.07) is 12.4. The molecule has 4 aromatic rings. The van der Waals surface area contributed by atoms with E-state index in [0.29, 0.717) is 16.8 Å². The van der Waals surface area contributed by atoms with Gasteiger partial charge in [0.05, 0.1) is 15.7 Å². The van der Waals surface area contributed by atoms with E-state index in [2.05, 4.69) is 10.3 Å². The van der Waals surface area contributed by atoms with Crippen molar-refractivity contribution in [2.24, 2.45) is 0 Å². The molecule has 4 rings (SSSR count). The molecule has 6 nitrogen and oxygen atoms in total. The van der Waals surface area contributed by atoms with E-state index < -0.39 is 0 Å². The highest BCUT2D eigenvalue weighted by Crippen LogP contribution is 2.25. The molecule has 7 heteroatoms. The zero-order valence-electron chi connectivity index (χ0n) is 14.1. The number of rotatable bonds is 3. The average Bonchev–Trinajstić information content (AvgIpc) is 3.26. The quantitative estimate of drug-likeness (QED) is 0.595. The fraction of sp³-hybridized carbons (Fsp3) is 0.105. The van der Waals surface area contributed by atoms with Gasteiger partial charge < -0.3 is 14.6 Å². The van der Waals surface area contributed by atoms with Gasteiger partial charge in [-0.1, -0.05) is 0 Å². The summed E-state index contributed by atoms with van der Waals surface area (Å²) in [5, 5.41) is 3.63. The van der Waals surface area contributed by atoms with Crippen LogP contribution in [-0.4, -0.2) is 35.8 Å². The van der Waals surface area contributed by atoms with Gasteiger partial charge >= 0.3 is 0 Å². The summed E-state index contributed by atoms with van der Waals surface area (Å²) in [6.45, 7) is 0. The maximum absolute atomic E-state index is 12.5. The van der Waals surface area contributed by atoms with Gasteiger partial charge in [0, 0.05) is 30.7 Å². The molecule has 0 aliphatic rings. The third kappa shape index (κ3) is 2.93. The molecule has 0 aliphatic heterocycles. The molecule has 0 unspecified atom stereocenters. The van der Waals surface area contributed by atoms with Crippen molar-refractivity contribution in [2.45, 2.75) is 0 Å². The van der Waals surface area contributed by atoms with Crippen molar-refractivity contribution in [3.8, 4) is 0 Å². The van der Waals surface area contributed by atoms with Crippen molar-refractivity contribution in [3.05, 3.63) is 59.3 Å². The zero-order chi connectivity index (χ0) is 18.3. The maximum atomic E-state index is 12.5. The van der Waals surface area contributed by atoms with Crippen molar-refractivity contribution in [2.75, 3.05) is 19.4 Å². The fourth-order valence-corrected chi connectivity index (χ4v) is 3.36. The predicted molar refractivity (Wildman–Crippen MR) is 102 cm³/mol. The summed E-state index contributed by atoms with van der Waals surface area (Å²) < 4.78 is 6.53. The second-order valence-corrected chi connectivity index (χ2v) is 6.94. The molecule has 2 amide bonds. The number of nitrogens with zero attached hydrogens (tertiary/aromatic N) is 2. The lowest BCUT2D eigenvalue weighted by molar-refractivity contribution is 0.0799. The summed E-state index contributed by atoms with van der Waals surface area (Å²) >= 11 is 1.50. The number of thiazole rings is 1. The Labute approximate surface area is 153 Å². The van der Waals surface area contributed by atoms with Gasteiger partial charge in [0.15, 0.2) is 5.76 Å².